The molecule has 5 nitrogen and oxygen atoms in total. The van der Waals surface area contributed by atoms with Crippen LogP contribution < -0.4 is 10.1 Å². The number of ether oxygens (including phenoxy) is 1. The average molecular weight is 382 g/mol. The minimum absolute atomic E-state index is 0.0476. The van der Waals surface area contributed by atoms with Gasteiger partial charge >= 0.3 is 0 Å². The lowest BCUT2D eigenvalue weighted by Gasteiger charge is -2.37. The Bertz CT molecular complexity index is 909. The van der Waals surface area contributed by atoms with Crippen LogP contribution in [-0.2, 0) is 0 Å². The summed E-state index contributed by atoms with van der Waals surface area (Å²) < 4.78 is 5.23. The van der Waals surface area contributed by atoms with Crippen molar-refractivity contribution < 1.29 is 14.6 Å². The number of phenols is 1. The van der Waals surface area contributed by atoms with Crippen molar-refractivity contribution in [3.8, 4) is 11.5 Å². The maximum absolute atomic E-state index is 13.3. The van der Waals surface area contributed by atoms with Gasteiger partial charge in [0.25, 0.3) is 0 Å². The van der Waals surface area contributed by atoms with Crippen LogP contribution in [0.25, 0.3) is 0 Å². The van der Waals surface area contributed by atoms with Crippen LogP contribution in [0.1, 0.15) is 35.8 Å². The van der Waals surface area contributed by atoms with E-state index in [1.807, 2.05) is 36.9 Å². The molecule has 1 unspecified atom stereocenters. The van der Waals surface area contributed by atoms with Gasteiger partial charge in [-0.25, -0.2) is 0 Å². The molecule has 27 heavy (non-hydrogen) atoms. The smallest absolute Gasteiger partial charge is 0.193 e. The van der Waals surface area contributed by atoms with E-state index in [-0.39, 0.29) is 11.5 Å². The number of benzene rings is 2. The van der Waals surface area contributed by atoms with E-state index in [9.17, 15) is 9.90 Å². The molecule has 1 aliphatic rings. The van der Waals surface area contributed by atoms with E-state index in [4.69, 9.17) is 17.0 Å². The molecule has 0 bridgehead atoms. The number of hydrogen-bond donors (Lipinski definition) is 2. The fourth-order valence-corrected chi connectivity index (χ4v) is 3.71. The van der Waals surface area contributed by atoms with Crippen LogP contribution in [0.15, 0.2) is 59.8 Å². The summed E-state index contributed by atoms with van der Waals surface area (Å²) >= 11 is 5.51. The summed E-state index contributed by atoms with van der Waals surface area (Å²) in [6, 6.07) is 13.8. The van der Waals surface area contributed by atoms with Crippen molar-refractivity contribution in [3.05, 3.63) is 70.9 Å². The van der Waals surface area contributed by atoms with E-state index < -0.39 is 6.04 Å². The van der Waals surface area contributed by atoms with Gasteiger partial charge in [0, 0.05) is 23.4 Å². The first-order valence-electron chi connectivity index (χ1n) is 8.73. The van der Waals surface area contributed by atoms with Gasteiger partial charge in [0.15, 0.2) is 22.4 Å². The Balaban J connectivity index is 2.15. The number of nitrogens with one attached hydrogen (secondary N) is 1. The van der Waals surface area contributed by atoms with E-state index in [0.29, 0.717) is 28.5 Å². The summed E-state index contributed by atoms with van der Waals surface area (Å²) in [5.74, 6) is 0.340. The first kappa shape index (κ1) is 18.9. The SMILES string of the molecule is CCN1C(=S)NC(c2ccc(O)c(OC)c2)C(C(=O)c2ccccc2)=C1C. The lowest BCUT2D eigenvalue weighted by atomic mass is 9.89. The summed E-state index contributed by atoms with van der Waals surface area (Å²) in [5.41, 5.74) is 2.87. The summed E-state index contributed by atoms with van der Waals surface area (Å²) in [7, 11) is 1.49. The zero-order valence-corrected chi connectivity index (χ0v) is 16.3. The summed E-state index contributed by atoms with van der Waals surface area (Å²) in [6.07, 6.45) is 0. The normalized spacial score (nSPS) is 16.9. The molecule has 0 fully saturated rings. The van der Waals surface area contributed by atoms with Gasteiger partial charge in [-0.2, -0.15) is 0 Å². The second kappa shape index (κ2) is 7.80. The summed E-state index contributed by atoms with van der Waals surface area (Å²) in [6.45, 7) is 4.57. The highest BCUT2D eigenvalue weighted by molar-refractivity contribution is 7.80. The number of ketones is 1. The molecular weight excluding hydrogens is 360 g/mol. The third-order valence-corrected chi connectivity index (χ3v) is 5.07. The predicted octanol–water partition coefficient (Wildman–Crippen LogP) is 3.81. The Morgan fingerprint density at radius 3 is 2.59 bits per heavy atom. The summed E-state index contributed by atoms with van der Waals surface area (Å²) in [5, 5.41) is 13.8. The lowest BCUT2D eigenvalue weighted by molar-refractivity contribution is 0.102. The van der Waals surface area contributed by atoms with Gasteiger partial charge in [-0.15, -0.1) is 0 Å². The van der Waals surface area contributed by atoms with Gasteiger partial charge in [0.05, 0.1) is 13.2 Å². The molecule has 2 N–H and O–H groups in total. The molecular formula is C21H22N2O3S. The van der Waals surface area contributed by atoms with Crippen LogP contribution in [0.3, 0.4) is 0 Å². The second-order valence-electron chi connectivity index (χ2n) is 6.25. The first-order chi connectivity index (χ1) is 13.0. The Morgan fingerprint density at radius 2 is 1.96 bits per heavy atom. The molecule has 0 saturated heterocycles. The molecule has 1 atom stereocenters. The molecule has 0 radical (unpaired) electrons. The molecule has 140 valence electrons. The zero-order chi connectivity index (χ0) is 19.6. The van der Waals surface area contributed by atoms with E-state index in [2.05, 4.69) is 5.32 Å². The molecule has 1 heterocycles. The van der Waals surface area contributed by atoms with Crippen LogP contribution in [0.5, 0.6) is 11.5 Å². The van der Waals surface area contributed by atoms with Crippen molar-refractivity contribution in [3.63, 3.8) is 0 Å². The van der Waals surface area contributed by atoms with Gasteiger partial charge in [0.2, 0.25) is 0 Å². The molecule has 6 heteroatoms. The number of Topliss-reactive ketones (excluding diaryl/α,β-unsaturated/α-hetero) is 1. The number of carbonyl (C=O) groups excluding carboxylic acids is 1. The van der Waals surface area contributed by atoms with Crippen molar-refractivity contribution in [1.29, 1.82) is 0 Å². The Kier molecular flexibility index (Phi) is 5.46. The molecule has 0 saturated carbocycles. The molecule has 3 rings (SSSR count). The van der Waals surface area contributed by atoms with Gasteiger partial charge in [-0.3, -0.25) is 4.79 Å². The maximum Gasteiger partial charge on any atom is 0.193 e. The molecule has 0 spiro atoms. The molecule has 1 aliphatic heterocycles. The number of allylic oxidation sites excluding steroid dienone is 1. The monoisotopic (exact) mass is 382 g/mol. The average Bonchev–Trinajstić information content (AvgIpc) is 2.68. The van der Waals surface area contributed by atoms with Gasteiger partial charge in [-0.1, -0.05) is 36.4 Å². The third-order valence-electron chi connectivity index (χ3n) is 4.73. The summed E-state index contributed by atoms with van der Waals surface area (Å²) in [4.78, 5) is 15.3. The highest BCUT2D eigenvalue weighted by atomic mass is 32.1. The highest BCUT2D eigenvalue weighted by Gasteiger charge is 2.34. The third kappa shape index (κ3) is 3.53. The predicted molar refractivity (Wildman–Crippen MR) is 109 cm³/mol. The number of phenolic OH excluding ortho intramolecular Hbond substituents is 1. The van der Waals surface area contributed by atoms with E-state index in [0.717, 1.165) is 11.3 Å². The van der Waals surface area contributed by atoms with Crippen molar-refractivity contribution in [1.82, 2.24) is 10.2 Å². The van der Waals surface area contributed by atoms with E-state index in [1.54, 1.807) is 30.3 Å². The fourth-order valence-electron chi connectivity index (χ4n) is 3.33. The number of nitrogens with zero attached hydrogens (tertiary/aromatic N) is 1. The van der Waals surface area contributed by atoms with E-state index in [1.165, 1.54) is 7.11 Å². The minimum atomic E-state index is -0.428. The van der Waals surface area contributed by atoms with E-state index >= 15 is 0 Å². The van der Waals surface area contributed by atoms with Gasteiger partial charge in [-0.05, 0) is 43.8 Å². The van der Waals surface area contributed by atoms with Crippen molar-refractivity contribution in [2.75, 3.05) is 13.7 Å². The topological polar surface area (TPSA) is 61.8 Å². The largest absolute Gasteiger partial charge is 0.504 e. The second-order valence-corrected chi connectivity index (χ2v) is 6.64. The van der Waals surface area contributed by atoms with Crippen LogP contribution in [0.4, 0.5) is 0 Å². The quantitative estimate of drug-likeness (QED) is 0.606. The standard InChI is InChI=1S/C21H22N2O3S/c1-4-23-13(2)18(20(25)14-8-6-5-7-9-14)19(22-21(23)27)15-10-11-16(24)17(12-15)26-3/h5-12,19,24H,4H2,1-3H3,(H,22,27). The van der Waals surface area contributed by atoms with Crippen LogP contribution in [0, 0.1) is 0 Å². The number of carbonyl (C=O) groups is 1. The van der Waals surface area contributed by atoms with Crippen LogP contribution in [-0.4, -0.2) is 34.6 Å². The Hall–Kier alpha value is -2.86. The molecule has 2 aromatic carbocycles. The maximum atomic E-state index is 13.3. The number of methoxy groups -OCH3 is 1. The molecule has 0 aromatic heterocycles. The molecule has 0 amide bonds. The lowest BCUT2D eigenvalue weighted by Crippen LogP contribution is -2.47. The molecule has 2 aromatic rings. The Labute approximate surface area is 164 Å². The Morgan fingerprint density at radius 1 is 1.26 bits per heavy atom. The van der Waals surface area contributed by atoms with Crippen LogP contribution in [0.2, 0.25) is 0 Å². The first-order valence-corrected chi connectivity index (χ1v) is 9.14. The van der Waals surface area contributed by atoms with Crippen molar-refractivity contribution in [2.45, 2.75) is 19.9 Å². The number of hydrogen-bond acceptors (Lipinski definition) is 4. The molecule has 0 aliphatic carbocycles. The number of rotatable bonds is 5. The number of aromatic hydroxyl groups is 1. The fraction of sp³-hybridized carbons (Fsp3) is 0.238. The number of thiocarbonyl (C=S) groups is 1. The van der Waals surface area contributed by atoms with Gasteiger partial charge in [0.1, 0.15) is 0 Å². The zero-order valence-electron chi connectivity index (χ0n) is 15.5. The minimum Gasteiger partial charge on any atom is -0.504 e. The van der Waals surface area contributed by atoms with Crippen LogP contribution >= 0.6 is 12.2 Å². The highest BCUT2D eigenvalue weighted by Crippen LogP contribution is 2.36. The van der Waals surface area contributed by atoms with Crippen molar-refractivity contribution >= 4 is 23.1 Å². The van der Waals surface area contributed by atoms with Gasteiger partial charge < -0.3 is 20.1 Å². The van der Waals surface area contributed by atoms with Crippen molar-refractivity contribution in [2.24, 2.45) is 0 Å².